The Labute approximate surface area is 178 Å². The molecule has 150 valence electrons. The number of hydrogen-bond acceptors (Lipinski definition) is 3. The molecule has 3 aromatic carbocycles. The van der Waals surface area contributed by atoms with E-state index in [2.05, 4.69) is 5.32 Å². The van der Waals surface area contributed by atoms with E-state index in [0.29, 0.717) is 39.3 Å². The van der Waals surface area contributed by atoms with Crippen LogP contribution in [0.5, 0.6) is 5.75 Å². The fraction of sp³-hybridized carbons (Fsp3) is 0.0833. The quantitative estimate of drug-likeness (QED) is 0.516. The molecule has 0 aliphatic rings. The Bertz CT molecular complexity index is 1280. The number of rotatable bonds is 5. The number of hydrogen-bond donors (Lipinski definition) is 1. The molecule has 0 fully saturated rings. The van der Waals surface area contributed by atoms with Gasteiger partial charge >= 0.3 is 0 Å². The lowest BCUT2D eigenvalue weighted by atomic mass is 10.1. The van der Waals surface area contributed by atoms with Crippen molar-refractivity contribution >= 4 is 28.3 Å². The number of carbonyl (C=O) groups is 1. The second-order valence-corrected chi connectivity index (χ2v) is 7.21. The zero-order valence-electron chi connectivity index (χ0n) is 16.3. The molecular weight excluding hydrogens is 400 g/mol. The normalized spacial score (nSPS) is 10.7. The van der Waals surface area contributed by atoms with E-state index in [4.69, 9.17) is 16.3 Å². The lowest BCUT2D eigenvalue weighted by Crippen LogP contribution is -2.27. The van der Waals surface area contributed by atoms with E-state index in [1.807, 2.05) is 18.2 Å². The number of ether oxygens (including phenoxy) is 1. The van der Waals surface area contributed by atoms with E-state index in [1.54, 1.807) is 67.9 Å². The van der Waals surface area contributed by atoms with E-state index < -0.39 is 0 Å². The van der Waals surface area contributed by atoms with Gasteiger partial charge in [0.15, 0.2) is 0 Å². The summed E-state index contributed by atoms with van der Waals surface area (Å²) in [6.45, 7) is 0.329. The van der Waals surface area contributed by atoms with Gasteiger partial charge in [0.2, 0.25) is 0 Å². The minimum Gasteiger partial charge on any atom is -0.497 e. The van der Waals surface area contributed by atoms with Crippen LogP contribution in [-0.2, 0) is 6.54 Å². The molecule has 0 bridgehead atoms. The number of carbonyl (C=O) groups excluding carboxylic acids is 1. The van der Waals surface area contributed by atoms with Crippen LogP contribution >= 0.6 is 11.6 Å². The molecule has 0 saturated heterocycles. The topological polar surface area (TPSA) is 60.3 Å². The van der Waals surface area contributed by atoms with Crippen LogP contribution in [0, 0.1) is 0 Å². The molecule has 1 amide bonds. The lowest BCUT2D eigenvalue weighted by molar-refractivity contribution is 0.0952. The van der Waals surface area contributed by atoms with E-state index in [0.717, 1.165) is 5.56 Å². The van der Waals surface area contributed by atoms with Crippen LogP contribution in [0.15, 0.2) is 83.8 Å². The molecule has 1 N–H and O–H groups in total. The van der Waals surface area contributed by atoms with Crippen molar-refractivity contribution in [1.82, 2.24) is 9.88 Å². The van der Waals surface area contributed by atoms with E-state index in [-0.39, 0.29) is 11.5 Å². The largest absolute Gasteiger partial charge is 0.497 e. The van der Waals surface area contributed by atoms with Crippen LogP contribution in [0.4, 0.5) is 0 Å². The summed E-state index contributed by atoms with van der Waals surface area (Å²) in [5.74, 6) is 0.417. The molecule has 0 saturated carbocycles. The fourth-order valence-corrected chi connectivity index (χ4v) is 3.54. The standard InChI is InChI=1S/C24H19ClN2O3/c1-30-19-11-9-18(10-12-19)27-15-22(20-7-2-3-8-21(20)24(27)29)23(28)26-14-16-5-4-6-17(25)13-16/h2-13,15H,14H2,1H3,(H,26,28). The van der Waals surface area contributed by atoms with Crippen LogP contribution in [0.2, 0.25) is 5.02 Å². The zero-order valence-corrected chi connectivity index (χ0v) is 17.0. The highest BCUT2D eigenvalue weighted by molar-refractivity contribution is 6.30. The molecule has 0 aliphatic heterocycles. The minimum atomic E-state index is -0.270. The van der Waals surface area contributed by atoms with Gasteiger partial charge < -0.3 is 10.1 Å². The smallest absolute Gasteiger partial charge is 0.262 e. The van der Waals surface area contributed by atoms with Crippen molar-refractivity contribution in [3.63, 3.8) is 0 Å². The third kappa shape index (κ3) is 3.93. The van der Waals surface area contributed by atoms with Crippen LogP contribution in [0.25, 0.3) is 16.5 Å². The first-order valence-electron chi connectivity index (χ1n) is 9.38. The molecule has 4 aromatic rings. The molecule has 30 heavy (non-hydrogen) atoms. The van der Waals surface area contributed by atoms with Crippen molar-refractivity contribution in [2.75, 3.05) is 7.11 Å². The van der Waals surface area contributed by atoms with Gasteiger partial charge in [-0.25, -0.2) is 0 Å². The van der Waals surface area contributed by atoms with Gasteiger partial charge in [-0.15, -0.1) is 0 Å². The molecule has 6 heteroatoms. The second kappa shape index (κ2) is 8.43. The third-order valence-electron chi connectivity index (χ3n) is 4.86. The number of nitrogens with one attached hydrogen (secondary N) is 1. The maximum atomic E-state index is 13.1. The summed E-state index contributed by atoms with van der Waals surface area (Å²) in [7, 11) is 1.58. The summed E-state index contributed by atoms with van der Waals surface area (Å²) in [5, 5.41) is 4.61. The Kier molecular flexibility index (Phi) is 5.55. The van der Waals surface area contributed by atoms with Gasteiger partial charge in [-0.2, -0.15) is 0 Å². The Hall–Kier alpha value is -3.57. The molecule has 5 nitrogen and oxygen atoms in total. The summed E-state index contributed by atoms with van der Waals surface area (Å²) >= 11 is 6.02. The van der Waals surface area contributed by atoms with Crippen molar-refractivity contribution in [2.24, 2.45) is 0 Å². The summed E-state index contributed by atoms with van der Waals surface area (Å²) in [4.78, 5) is 26.1. The second-order valence-electron chi connectivity index (χ2n) is 6.77. The monoisotopic (exact) mass is 418 g/mol. The van der Waals surface area contributed by atoms with Crippen molar-refractivity contribution in [3.8, 4) is 11.4 Å². The van der Waals surface area contributed by atoms with Crippen molar-refractivity contribution in [2.45, 2.75) is 6.54 Å². The molecule has 0 unspecified atom stereocenters. The Balaban J connectivity index is 1.75. The van der Waals surface area contributed by atoms with Gasteiger partial charge in [-0.1, -0.05) is 41.9 Å². The number of halogens is 1. The van der Waals surface area contributed by atoms with E-state index >= 15 is 0 Å². The van der Waals surface area contributed by atoms with Gasteiger partial charge in [0, 0.05) is 34.2 Å². The van der Waals surface area contributed by atoms with Gasteiger partial charge in [0.1, 0.15) is 5.75 Å². The number of pyridine rings is 1. The van der Waals surface area contributed by atoms with Gasteiger partial charge in [-0.3, -0.25) is 14.2 Å². The highest BCUT2D eigenvalue weighted by Gasteiger charge is 2.15. The average Bonchev–Trinajstić information content (AvgIpc) is 2.78. The minimum absolute atomic E-state index is 0.192. The van der Waals surface area contributed by atoms with Gasteiger partial charge in [-0.05, 0) is 48.0 Å². The molecule has 1 aromatic heterocycles. The van der Waals surface area contributed by atoms with Crippen LogP contribution in [0.3, 0.4) is 0 Å². The summed E-state index contributed by atoms with van der Waals surface area (Å²) in [6, 6.07) is 21.5. The maximum Gasteiger partial charge on any atom is 0.262 e. The van der Waals surface area contributed by atoms with Crippen LogP contribution < -0.4 is 15.6 Å². The Morgan fingerprint density at radius 3 is 2.43 bits per heavy atom. The highest BCUT2D eigenvalue weighted by Crippen LogP contribution is 2.20. The number of nitrogens with zero attached hydrogens (tertiary/aromatic N) is 1. The molecule has 0 aliphatic carbocycles. The SMILES string of the molecule is COc1ccc(-n2cc(C(=O)NCc3cccc(Cl)c3)c3ccccc3c2=O)cc1. The van der Waals surface area contributed by atoms with Crippen molar-refractivity contribution in [1.29, 1.82) is 0 Å². The van der Waals surface area contributed by atoms with Crippen LogP contribution in [0.1, 0.15) is 15.9 Å². The first-order valence-corrected chi connectivity index (χ1v) is 9.76. The Morgan fingerprint density at radius 1 is 1.00 bits per heavy atom. The number of aromatic nitrogens is 1. The van der Waals surface area contributed by atoms with Crippen molar-refractivity contribution < 1.29 is 9.53 Å². The van der Waals surface area contributed by atoms with E-state index in [9.17, 15) is 9.59 Å². The molecule has 4 rings (SSSR count). The number of benzene rings is 3. The molecule has 0 radical (unpaired) electrons. The predicted octanol–water partition coefficient (Wildman–Crippen LogP) is 4.58. The van der Waals surface area contributed by atoms with E-state index in [1.165, 1.54) is 4.57 Å². The van der Waals surface area contributed by atoms with Gasteiger partial charge in [0.05, 0.1) is 12.7 Å². The van der Waals surface area contributed by atoms with Crippen molar-refractivity contribution in [3.05, 3.63) is 105 Å². The predicted molar refractivity (Wildman–Crippen MR) is 119 cm³/mol. The maximum absolute atomic E-state index is 13.1. The molecule has 0 spiro atoms. The lowest BCUT2D eigenvalue weighted by Gasteiger charge is -2.13. The number of amides is 1. The fourth-order valence-electron chi connectivity index (χ4n) is 3.33. The summed E-state index contributed by atoms with van der Waals surface area (Å²) in [6.07, 6.45) is 1.58. The highest BCUT2D eigenvalue weighted by atomic mass is 35.5. The average molecular weight is 419 g/mol. The van der Waals surface area contributed by atoms with Crippen LogP contribution in [-0.4, -0.2) is 17.6 Å². The number of methoxy groups -OCH3 is 1. The summed E-state index contributed by atoms with van der Waals surface area (Å²) < 4.78 is 6.67. The van der Waals surface area contributed by atoms with Gasteiger partial charge in [0.25, 0.3) is 11.5 Å². The molecule has 0 atom stereocenters. The summed E-state index contributed by atoms with van der Waals surface area (Å²) in [5.41, 5.74) is 1.77. The number of fused-ring (bicyclic) bond motifs is 1. The zero-order chi connectivity index (χ0) is 21.1. The Morgan fingerprint density at radius 2 is 1.73 bits per heavy atom. The molecule has 1 heterocycles. The first-order chi connectivity index (χ1) is 14.6. The first kappa shape index (κ1) is 19.7. The third-order valence-corrected chi connectivity index (χ3v) is 5.10. The molecular formula is C24H19ClN2O3.